The van der Waals surface area contributed by atoms with Crippen LogP contribution in [0.25, 0.3) is 0 Å². The number of carbonyl (C=O) groups excluding carboxylic acids is 1. The van der Waals surface area contributed by atoms with Crippen LogP contribution in [0.1, 0.15) is 48.0 Å². The van der Waals surface area contributed by atoms with Gasteiger partial charge in [0.15, 0.2) is 0 Å². The second kappa shape index (κ2) is 8.11. The van der Waals surface area contributed by atoms with E-state index >= 15 is 0 Å². The largest absolute Gasteiger partial charge is 0.478 e. The third-order valence-corrected chi connectivity index (χ3v) is 4.75. The van der Waals surface area contributed by atoms with Crippen molar-refractivity contribution in [3.63, 3.8) is 0 Å². The molecule has 0 spiro atoms. The minimum atomic E-state index is -0.934. The molecule has 0 saturated heterocycles. The Labute approximate surface area is 137 Å². The van der Waals surface area contributed by atoms with Crippen LogP contribution >= 0.6 is 0 Å². The van der Waals surface area contributed by atoms with Gasteiger partial charge in [-0.05, 0) is 48.8 Å². The van der Waals surface area contributed by atoms with Crippen molar-refractivity contribution in [1.29, 1.82) is 0 Å². The van der Waals surface area contributed by atoms with E-state index in [1.54, 1.807) is 31.4 Å². The van der Waals surface area contributed by atoms with Gasteiger partial charge < -0.3 is 15.2 Å². The summed E-state index contributed by atoms with van der Waals surface area (Å²) in [5.74, 6) is -0.882. The average Bonchev–Trinajstić information content (AvgIpc) is 2.52. The van der Waals surface area contributed by atoms with Crippen molar-refractivity contribution in [3.05, 3.63) is 35.4 Å². The maximum Gasteiger partial charge on any atom is 0.335 e. The number of amides is 1. The highest BCUT2D eigenvalue weighted by Gasteiger charge is 2.36. The van der Waals surface area contributed by atoms with Crippen LogP contribution < -0.4 is 5.32 Å². The van der Waals surface area contributed by atoms with Gasteiger partial charge in [-0.3, -0.25) is 4.79 Å². The summed E-state index contributed by atoms with van der Waals surface area (Å²) in [6, 6.07) is 6.68. The summed E-state index contributed by atoms with van der Waals surface area (Å²) in [5, 5.41) is 11.9. The molecular formula is C18H25NO4. The molecule has 1 aromatic rings. The van der Waals surface area contributed by atoms with Gasteiger partial charge >= 0.3 is 5.97 Å². The maximum absolute atomic E-state index is 12.0. The van der Waals surface area contributed by atoms with E-state index in [0.717, 1.165) is 38.0 Å². The standard InChI is InChI=1S/C18H25NO4/c1-23-12-11-18(9-2-10-18)13-19-16(20)8-5-14-3-6-15(7-4-14)17(21)22/h3-4,6-7H,2,5,8-13H2,1H3,(H,19,20)(H,21,22). The molecule has 0 aromatic heterocycles. The molecule has 0 radical (unpaired) electrons. The van der Waals surface area contributed by atoms with Crippen LogP contribution in [-0.4, -0.2) is 37.2 Å². The van der Waals surface area contributed by atoms with Gasteiger partial charge in [0, 0.05) is 26.7 Å². The third-order valence-electron chi connectivity index (χ3n) is 4.75. The number of ether oxygens (including phenoxy) is 1. The Balaban J connectivity index is 1.73. The number of carboxylic acids is 1. The lowest BCUT2D eigenvalue weighted by molar-refractivity contribution is -0.122. The molecule has 0 unspecified atom stereocenters. The lowest BCUT2D eigenvalue weighted by Crippen LogP contribution is -2.42. The third kappa shape index (κ3) is 5.06. The van der Waals surface area contributed by atoms with Crippen LogP contribution in [0.5, 0.6) is 0 Å². The Morgan fingerprint density at radius 1 is 1.26 bits per heavy atom. The molecule has 2 rings (SSSR count). The lowest BCUT2D eigenvalue weighted by atomic mass is 9.67. The fourth-order valence-electron chi connectivity index (χ4n) is 2.96. The number of hydrogen-bond acceptors (Lipinski definition) is 3. The fourth-order valence-corrected chi connectivity index (χ4v) is 2.96. The van der Waals surface area contributed by atoms with Gasteiger partial charge in [-0.25, -0.2) is 4.79 Å². The summed E-state index contributed by atoms with van der Waals surface area (Å²) in [5.41, 5.74) is 1.47. The van der Waals surface area contributed by atoms with Crippen LogP contribution in [-0.2, 0) is 16.0 Å². The second-order valence-corrected chi connectivity index (χ2v) is 6.38. The van der Waals surface area contributed by atoms with Crippen molar-refractivity contribution in [1.82, 2.24) is 5.32 Å². The fraction of sp³-hybridized carbons (Fsp3) is 0.556. The smallest absolute Gasteiger partial charge is 0.335 e. The summed E-state index contributed by atoms with van der Waals surface area (Å²) in [7, 11) is 1.71. The summed E-state index contributed by atoms with van der Waals surface area (Å²) < 4.78 is 5.16. The van der Waals surface area contributed by atoms with E-state index in [2.05, 4.69) is 5.32 Å². The van der Waals surface area contributed by atoms with E-state index < -0.39 is 5.97 Å². The zero-order valence-electron chi connectivity index (χ0n) is 13.6. The monoisotopic (exact) mass is 319 g/mol. The van der Waals surface area contributed by atoms with Gasteiger partial charge in [-0.15, -0.1) is 0 Å². The maximum atomic E-state index is 12.0. The van der Waals surface area contributed by atoms with Crippen LogP contribution in [0.2, 0.25) is 0 Å². The number of hydrogen-bond donors (Lipinski definition) is 2. The van der Waals surface area contributed by atoms with E-state index in [-0.39, 0.29) is 16.9 Å². The Morgan fingerprint density at radius 3 is 2.48 bits per heavy atom. The average molecular weight is 319 g/mol. The van der Waals surface area contributed by atoms with Crippen LogP contribution in [0.4, 0.5) is 0 Å². The lowest BCUT2D eigenvalue weighted by Gasteiger charge is -2.42. The molecule has 1 aromatic carbocycles. The first kappa shape index (κ1) is 17.5. The van der Waals surface area contributed by atoms with Gasteiger partial charge in [0.25, 0.3) is 0 Å². The Morgan fingerprint density at radius 2 is 1.96 bits per heavy atom. The molecule has 1 aliphatic rings. The highest BCUT2D eigenvalue weighted by atomic mass is 16.5. The van der Waals surface area contributed by atoms with E-state index in [1.807, 2.05) is 0 Å². The van der Waals surface area contributed by atoms with Gasteiger partial charge in [-0.1, -0.05) is 18.6 Å². The van der Waals surface area contributed by atoms with E-state index in [4.69, 9.17) is 9.84 Å². The van der Waals surface area contributed by atoms with Crippen molar-refractivity contribution in [2.75, 3.05) is 20.3 Å². The van der Waals surface area contributed by atoms with Crippen molar-refractivity contribution >= 4 is 11.9 Å². The molecule has 126 valence electrons. The van der Waals surface area contributed by atoms with E-state index in [9.17, 15) is 9.59 Å². The first-order valence-corrected chi connectivity index (χ1v) is 8.13. The first-order valence-electron chi connectivity index (χ1n) is 8.13. The van der Waals surface area contributed by atoms with Crippen molar-refractivity contribution < 1.29 is 19.4 Å². The predicted molar refractivity (Wildman–Crippen MR) is 87.5 cm³/mol. The Hall–Kier alpha value is -1.88. The number of methoxy groups -OCH3 is 1. The van der Waals surface area contributed by atoms with Crippen LogP contribution in [0.15, 0.2) is 24.3 Å². The highest BCUT2D eigenvalue weighted by molar-refractivity contribution is 5.87. The van der Waals surface area contributed by atoms with Gasteiger partial charge in [0.2, 0.25) is 5.91 Å². The zero-order chi connectivity index (χ0) is 16.7. The number of nitrogens with one attached hydrogen (secondary N) is 1. The number of carbonyl (C=O) groups is 2. The van der Waals surface area contributed by atoms with Crippen LogP contribution in [0.3, 0.4) is 0 Å². The predicted octanol–water partition coefficient (Wildman–Crippen LogP) is 2.64. The number of carboxylic acid groups (broad SMARTS) is 1. The summed E-state index contributed by atoms with van der Waals surface area (Å²) >= 11 is 0. The van der Waals surface area contributed by atoms with Crippen molar-refractivity contribution in [2.24, 2.45) is 5.41 Å². The molecule has 23 heavy (non-hydrogen) atoms. The quantitative estimate of drug-likeness (QED) is 0.733. The number of rotatable bonds is 9. The minimum Gasteiger partial charge on any atom is -0.478 e. The Kier molecular flexibility index (Phi) is 6.16. The molecule has 5 nitrogen and oxygen atoms in total. The molecule has 2 N–H and O–H groups in total. The zero-order valence-corrected chi connectivity index (χ0v) is 13.6. The van der Waals surface area contributed by atoms with Gasteiger partial charge in [0.1, 0.15) is 0 Å². The molecule has 5 heteroatoms. The number of aromatic carboxylic acids is 1. The Bertz CT molecular complexity index is 534. The molecule has 1 fully saturated rings. The molecule has 0 atom stereocenters. The summed E-state index contributed by atoms with van der Waals surface area (Å²) in [4.78, 5) is 22.8. The number of benzene rings is 1. The molecule has 0 bridgehead atoms. The summed E-state index contributed by atoms with van der Waals surface area (Å²) in [6.07, 6.45) is 5.60. The summed E-state index contributed by atoms with van der Waals surface area (Å²) in [6.45, 7) is 1.47. The second-order valence-electron chi connectivity index (χ2n) is 6.38. The molecular weight excluding hydrogens is 294 g/mol. The highest BCUT2D eigenvalue weighted by Crippen LogP contribution is 2.43. The van der Waals surface area contributed by atoms with Crippen molar-refractivity contribution in [2.45, 2.75) is 38.5 Å². The van der Waals surface area contributed by atoms with Gasteiger partial charge in [-0.2, -0.15) is 0 Å². The number of aryl methyl sites for hydroxylation is 1. The minimum absolute atomic E-state index is 0.0519. The van der Waals surface area contributed by atoms with Crippen molar-refractivity contribution in [3.8, 4) is 0 Å². The first-order chi connectivity index (χ1) is 11.0. The topological polar surface area (TPSA) is 75.6 Å². The molecule has 1 aliphatic carbocycles. The molecule has 0 aliphatic heterocycles. The SMILES string of the molecule is COCCC1(CNC(=O)CCc2ccc(C(=O)O)cc2)CCC1. The van der Waals surface area contributed by atoms with E-state index in [1.165, 1.54) is 6.42 Å². The molecule has 0 heterocycles. The molecule has 1 saturated carbocycles. The van der Waals surface area contributed by atoms with Gasteiger partial charge in [0.05, 0.1) is 5.56 Å². The molecule has 1 amide bonds. The van der Waals surface area contributed by atoms with E-state index in [0.29, 0.717) is 12.8 Å². The normalized spacial score (nSPS) is 15.7. The van der Waals surface area contributed by atoms with Crippen LogP contribution in [0, 0.1) is 5.41 Å².